The third kappa shape index (κ3) is 2.25. The third-order valence-electron chi connectivity index (χ3n) is 2.98. The summed E-state index contributed by atoms with van der Waals surface area (Å²) in [6, 6.07) is 3.61. The number of ether oxygens (including phenoxy) is 1. The monoisotopic (exact) mass is 246 g/mol. The van der Waals surface area contributed by atoms with E-state index < -0.39 is 5.97 Å². The average molecular weight is 246 g/mol. The summed E-state index contributed by atoms with van der Waals surface area (Å²) in [4.78, 5) is 27.4. The Morgan fingerprint density at radius 2 is 2.11 bits per heavy atom. The molecular formula is C13H14N2O3. The van der Waals surface area contributed by atoms with E-state index in [0.717, 1.165) is 5.56 Å². The number of carbonyl (C=O) groups excluding carboxylic acids is 2. The molecule has 0 fully saturated rings. The number of hydrogen-bond donors (Lipinski definition) is 1. The molecule has 0 bridgehead atoms. The molecule has 0 aliphatic carbocycles. The Morgan fingerprint density at radius 1 is 1.44 bits per heavy atom. The van der Waals surface area contributed by atoms with Crippen molar-refractivity contribution < 1.29 is 14.3 Å². The van der Waals surface area contributed by atoms with Gasteiger partial charge in [-0.25, -0.2) is 4.79 Å². The smallest absolute Gasteiger partial charge is 0.336 e. The van der Waals surface area contributed by atoms with Crippen molar-refractivity contribution in [2.45, 2.75) is 19.3 Å². The van der Waals surface area contributed by atoms with Crippen molar-refractivity contribution in [3.8, 4) is 0 Å². The van der Waals surface area contributed by atoms with E-state index in [9.17, 15) is 9.59 Å². The van der Waals surface area contributed by atoms with Crippen LogP contribution in [0.3, 0.4) is 0 Å². The summed E-state index contributed by atoms with van der Waals surface area (Å²) in [5.74, 6) is -0.773. The van der Waals surface area contributed by atoms with Crippen LogP contribution in [0.15, 0.2) is 35.8 Å². The molecule has 1 aromatic heterocycles. The summed E-state index contributed by atoms with van der Waals surface area (Å²) in [5.41, 5.74) is 1.95. The zero-order valence-electron chi connectivity index (χ0n) is 10.3. The molecule has 2 heterocycles. The molecule has 18 heavy (non-hydrogen) atoms. The summed E-state index contributed by atoms with van der Waals surface area (Å²) in [5, 5.41) is 2.67. The van der Waals surface area contributed by atoms with Gasteiger partial charge in [0, 0.05) is 30.4 Å². The standard InChI is InChI=1S/C13H14N2O3/c1-8-12(13(17)18-2)10(7-11(16)15-8)9-3-5-14-6-4-9/h3-6,10H,7H2,1-2H3,(H,15,16)/t10-/m1/s1. The van der Waals surface area contributed by atoms with Crippen molar-refractivity contribution in [1.82, 2.24) is 10.3 Å². The van der Waals surface area contributed by atoms with Crippen LogP contribution in [0.25, 0.3) is 0 Å². The molecule has 0 saturated carbocycles. The van der Waals surface area contributed by atoms with Crippen molar-refractivity contribution in [1.29, 1.82) is 0 Å². The molecule has 0 radical (unpaired) electrons. The van der Waals surface area contributed by atoms with Crippen molar-refractivity contribution in [3.05, 3.63) is 41.4 Å². The maximum absolute atomic E-state index is 11.8. The predicted molar refractivity (Wildman–Crippen MR) is 64.5 cm³/mol. The van der Waals surface area contributed by atoms with E-state index in [4.69, 9.17) is 4.74 Å². The zero-order chi connectivity index (χ0) is 13.1. The topological polar surface area (TPSA) is 68.3 Å². The fourth-order valence-corrected chi connectivity index (χ4v) is 2.16. The second-order valence-corrected chi connectivity index (χ2v) is 4.12. The van der Waals surface area contributed by atoms with E-state index in [1.54, 1.807) is 31.5 Å². The van der Waals surface area contributed by atoms with Crippen LogP contribution < -0.4 is 5.32 Å². The van der Waals surface area contributed by atoms with Crippen LogP contribution in [0.1, 0.15) is 24.8 Å². The molecular weight excluding hydrogens is 232 g/mol. The Hall–Kier alpha value is -2.17. The second kappa shape index (κ2) is 5.00. The molecule has 94 valence electrons. The Bertz CT molecular complexity index is 508. The summed E-state index contributed by atoms with van der Waals surface area (Å²) < 4.78 is 4.78. The second-order valence-electron chi connectivity index (χ2n) is 4.12. The SMILES string of the molecule is COC(=O)C1=C(C)NC(=O)C[C@@H]1c1ccncc1. The number of rotatable bonds is 2. The van der Waals surface area contributed by atoms with Crippen LogP contribution in [0.4, 0.5) is 0 Å². The highest BCUT2D eigenvalue weighted by molar-refractivity contribution is 5.95. The van der Waals surface area contributed by atoms with Gasteiger partial charge >= 0.3 is 5.97 Å². The minimum atomic E-state index is -0.408. The predicted octanol–water partition coefficient (Wildman–Crippen LogP) is 1.13. The maximum Gasteiger partial charge on any atom is 0.336 e. The molecule has 2 rings (SSSR count). The van der Waals surface area contributed by atoms with Crippen LogP contribution in [0.2, 0.25) is 0 Å². The van der Waals surface area contributed by atoms with Crippen LogP contribution in [0.5, 0.6) is 0 Å². The molecule has 1 aromatic rings. The number of nitrogens with one attached hydrogen (secondary N) is 1. The number of aromatic nitrogens is 1. The quantitative estimate of drug-likeness (QED) is 0.794. The fraction of sp³-hybridized carbons (Fsp3) is 0.308. The Balaban J connectivity index is 2.46. The normalized spacial score (nSPS) is 19.4. The van der Waals surface area contributed by atoms with Crippen molar-refractivity contribution >= 4 is 11.9 Å². The molecule has 1 N–H and O–H groups in total. The summed E-state index contributed by atoms with van der Waals surface area (Å²) in [7, 11) is 1.34. The van der Waals surface area contributed by atoms with Crippen LogP contribution >= 0.6 is 0 Å². The first kappa shape index (κ1) is 12.3. The lowest BCUT2D eigenvalue weighted by Gasteiger charge is -2.26. The van der Waals surface area contributed by atoms with Gasteiger partial charge in [0.2, 0.25) is 5.91 Å². The van der Waals surface area contributed by atoms with Crippen LogP contribution in [-0.4, -0.2) is 24.0 Å². The number of amides is 1. The van der Waals surface area contributed by atoms with Gasteiger partial charge in [-0.3, -0.25) is 9.78 Å². The van der Waals surface area contributed by atoms with E-state index >= 15 is 0 Å². The molecule has 1 amide bonds. The minimum Gasteiger partial charge on any atom is -0.466 e. The van der Waals surface area contributed by atoms with Crippen LogP contribution in [0, 0.1) is 0 Å². The summed E-state index contributed by atoms with van der Waals surface area (Å²) in [6.07, 6.45) is 3.53. The van der Waals surface area contributed by atoms with Gasteiger partial charge in [-0.2, -0.15) is 0 Å². The van der Waals surface area contributed by atoms with Gasteiger partial charge < -0.3 is 10.1 Å². The molecule has 1 atom stereocenters. The van der Waals surface area contributed by atoms with E-state index in [0.29, 0.717) is 11.3 Å². The number of carbonyl (C=O) groups is 2. The van der Waals surface area contributed by atoms with Crippen molar-refractivity contribution in [3.63, 3.8) is 0 Å². The molecule has 0 spiro atoms. The van der Waals surface area contributed by atoms with Crippen LogP contribution in [-0.2, 0) is 14.3 Å². The number of methoxy groups -OCH3 is 1. The maximum atomic E-state index is 11.8. The lowest BCUT2D eigenvalue weighted by Crippen LogP contribution is -2.34. The summed E-state index contributed by atoms with van der Waals surface area (Å²) in [6.45, 7) is 1.71. The van der Waals surface area contributed by atoms with Crippen molar-refractivity contribution in [2.24, 2.45) is 0 Å². The molecule has 0 saturated heterocycles. The molecule has 1 aliphatic heterocycles. The molecule has 1 aliphatic rings. The van der Waals surface area contributed by atoms with Gasteiger partial charge in [0.25, 0.3) is 0 Å². The number of allylic oxidation sites excluding steroid dienone is 1. The number of hydrogen-bond acceptors (Lipinski definition) is 4. The Morgan fingerprint density at radius 3 is 2.72 bits per heavy atom. The van der Waals surface area contributed by atoms with E-state index in [2.05, 4.69) is 10.3 Å². The van der Waals surface area contributed by atoms with Crippen molar-refractivity contribution in [2.75, 3.05) is 7.11 Å². The fourth-order valence-electron chi connectivity index (χ4n) is 2.16. The van der Waals surface area contributed by atoms with E-state index in [-0.39, 0.29) is 18.2 Å². The Labute approximate surface area is 105 Å². The molecule has 5 heteroatoms. The first-order valence-electron chi connectivity index (χ1n) is 5.62. The van der Waals surface area contributed by atoms with E-state index in [1.165, 1.54) is 7.11 Å². The summed E-state index contributed by atoms with van der Waals surface area (Å²) >= 11 is 0. The molecule has 0 aromatic carbocycles. The van der Waals surface area contributed by atoms with Gasteiger partial charge in [-0.05, 0) is 24.6 Å². The van der Waals surface area contributed by atoms with Gasteiger partial charge in [-0.1, -0.05) is 0 Å². The van der Waals surface area contributed by atoms with Gasteiger partial charge in [0.05, 0.1) is 12.7 Å². The lowest BCUT2D eigenvalue weighted by atomic mass is 9.85. The first-order chi connectivity index (χ1) is 8.63. The Kier molecular flexibility index (Phi) is 3.41. The number of nitrogens with zero attached hydrogens (tertiary/aromatic N) is 1. The van der Waals surface area contributed by atoms with Gasteiger partial charge in [0.1, 0.15) is 0 Å². The zero-order valence-corrected chi connectivity index (χ0v) is 10.3. The number of esters is 1. The van der Waals surface area contributed by atoms with Gasteiger partial charge in [0.15, 0.2) is 0 Å². The molecule has 5 nitrogen and oxygen atoms in total. The highest BCUT2D eigenvalue weighted by atomic mass is 16.5. The average Bonchev–Trinajstić information content (AvgIpc) is 2.38. The first-order valence-corrected chi connectivity index (χ1v) is 5.62. The van der Waals surface area contributed by atoms with Gasteiger partial charge in [-0.15, -0.1) is 0 Å². The van der Waals surface area contributed by atoms with E-state index in [1.807, 2.05) is 0 Å². The highest BCUT2D eigenvalue weighted by Gasteiger charge is 2.32. The number of pyridine rings is 1. The minimum absolute atomic E-state index is 0.0954. The molecule has 0 unspecified atom stereocenters. The largest absolute Gasteiger partial charge is 0.466 e. The highest BCUT2D eigenvalue weighted by Crippen LogP contribution is 2.32. The lowest BCUT2D eigenvalue weighted by molar-refractivity contribution is -0.136. The third-order valence-corrected chi connectivity index (χ3v) is 2.98.